The summed E-state index contributed by atoms with van der Waals surface area (Å²) in [6.45, 7) is 2.74. The van der Waals surface area contributed by atoms with Gasteiger partial charge >= 0.3 is 0 Å². The molecule has 0 saturated carbocycles. The second-order valence-electron chi connectivity index (χ2n) is 3.98. The highest BCUT2D eigenvalue weighted by Crippen LogP contribution is 2.16. The van der Waals surface area contributed by atoms with Crippen LogP contribution in [0.3, 0.4) is 0 Å². The number of halogens is 1. The number of nitrogens with zero attached hydrogens (tertiary/aromatic N) is 5. The van der Waals surface area contributed by atoms with Gasteiger partial charge in [-0.15, -0.1) is 12.4 Å². The molecule has 0 amide bonds. The van der Waals surface area contributed by atoms with Gasteiger partial charge in [0.2, 0.25) is 0 Å². The first-order valence-corrected chi connectivity index (χ1v) is 5.17. The Balaban J connectivity index is 0.000000963. The minimum atomic E-state index is 0. The van der Waals surface area contributed by atoms with E-state index in [9.17, 15) is 0 Å². The molecule has 6 nitrogen and oxygen atoms in total. The Labute approximate surface area is 100 Å². The van der Waals surface area contributed by atoms with Crippen LogP contribution < -0.4 is 5.73 Å². The quantitative estimate of drug-likeness (QED) is 0.745. The first kappa shape index (κ1) is 11.4. The van der Waals surface area contributed by atoms with Crippen LogP contribution in [0.1, 0.15) is 12.2 Å². The molecule has 0 spiro atoms. The minimum absolute atomic E-state index is 0. The van der Waals surface area contributed by atoms with E-state index in [-0.39, 0.29) is 12.4 Å². The van der Waals surface area contributed by atoms with Crippen LogP contribution >= 0.6 is 12.4 Å². The summed E-state index contributed by atoms with van der Waals surface area (Å²) in [5, 5.41) is 8.51. The highest BCUT2D eigenvalue weighted by atomic mass is 35.5. The molecule has 1 aromatic rings. The lowest BCUT2D eigenvalue weighted by Gasteiger charge is -2.31. The molecule has 3 heterocycles. The van der Waals surface area contributed by atoms with E-state index in [1.165, 1.54) is 0 Å². The van der Waals surface area contributed by atoms with E-state index in [4.69, 9.17) is 5.73 Å². The number of nitrogens with two attached hydrogens (primary N) is 1. The first-order valence-electron chi connectivity index (χ1n) is 5.17. The predicted molar refractivity (Wildman–Crippen MR) is 62.3 cm³/mol. The molecule has 1 aromatic heterocycles. The van der Waals surface area contributed by atoms with Gasteiger partial charge in [-0.2, -0.15) is 5.10 Å². The van der Waals surface area contributed by atoms with E-state index < -0.39 is 0 Å². The van der Waals surface area contributed by atoms with Gasteiger partial charge in [0.15, 0.2) is 5.82 Å². The van der Waals surface area contributed by atoms with Gasteiger partial charge in [0, 0.05) is 31.5 Å². The fraction of sp³-hybridized carbons (Fsp3) is 0.556. The Hall–Kier alpha value is -1.11. The van der Waals surface area contributed by atoms with Crippen molar-refractivity contribution in [2.24, 2.45) is 5.73 Å². The SMILES string of the molecule is Cl.N[C@H]1CCN(N2C=Cn3ncnc3C2)C1. The van der Waals surface area contributed by atoms with Crippen molar-refractivity contribution in [3.63, 3.8) is 0 Å². The van der Waals surface area contributed by atoms with Gasteiger partial charge in [-0.3, -0.25) is 0 Å². The predicted octanol–water partition coefficient (Wildman–Crippen LogP) is -0.108. The summed E-state index contributed by atoms with van der Waals surface area (Å²) in [6, 6.07) is 0.304. The molecule has 0 radical (unpaired) electrons. The average molecular weight is 243 g/mol. The molecule has 3 rings (SSSR count). The summed E-state index contributed by atoms with van der Waals surface area (Å²) in [6.07, 6.45) is 6.60. The van der Waals surface area contributed by atoms with Crippen molar-refractivity contribution < 1.29 is 0 Å². The molecule has 0 aliphatic carbocycles. The zero-order valence-electron chi connectivity index (χ0n) is 8.86. The van der Waals surface area contributed by atoms with Gasteiger partial charge in [-0.1, -0.05) is 0 Å². The van der Waals surface area contributed by atoms with Crippen LogP contribution in [-0.4, -0.2) is 43.9 Å². The number of fused-ring (bicyclic) bond motifs is 1. The van der Waals surface area contributed by atoms with Crippen LogP contribution in [-0.2, 0) is 6.54 Å². The van der Waals surface area contributed by atoms with E-state index in [1.54, 1.807) is 11.0 Å². The Kier molecular flexibility index (Phi) is 3.13. The lowest BCUT2D eigenvalue weighted by atomic mass is 10.3. The molecular formula is C9H15ClN6. The Morgan fingerprint density at radius 2 is 2.25 bits per heavy atom. The third-order valence-electron chi connectivity index (χ3n) is 2.90. The van der Waals surface area contributed by atoms with Crippen LogP contribution in [0, 0.1) is 0 Å². The van der Waals surface area contributed by atoms with Crippen LogP contribution in [0.4, 0.5) is 0 Å². The second kappa shape index (κ2) is 4.40. The molecule has 7 heteroatoms. The zero-order valence-corrected chi connectivity index (χ0v) is 9.68. The van der Waals surface area contributed by atoms with Gasteiger partial charge in [0.05, 0.1) is 6.54 Å². The van der Waals surface area contributed by atoms with E-state index in [1.807, 2.05) is 12.4 Å². The van der Waals surface area contributed by atoms with Crippen LogP contribution in [0.2, 0.25) is 0 Å². The summed E-state index contributed by atoms with van der Waals surface area (Å²) in [5.74, 6) is 0.970. The van der Waals surface area contributed by atoms with Gasteiger partial charge in [-0.05, 0) is 6.42 Å². The van der Waals surface area contributed by atoms with Crippen molar-refractivity contribution >= 4 is 18.6 Å². The summed E-state index contributed by atoms with van der Waals surface area (Å²) in [7, 11) is 0. The Morgan fingerprint density at radius 1 is 1.38 bits per heavy atom. The van der Waals surface area contributed by atoms with Crippen LogP contribution in [0.15, 0.2) is 12.5 Å². The molecule has 88 valence electrons. The zero-order chi connectivity index (χ0) is 10.3. The number of hydrazine groups is 1. The normalized spacial score (nSPS) is 24.3. The standard InChI is InChI=1S/C9H14N6.ClH/c10-8-1-2-13(5-8)14-3-4-15-9(6-14)11-7-12-15;/h3-4,7-8H,1-2,5-6,10H2;1H/t8-;/m0./s1. The highest BCUT2D eigenvalue weighted by molar-refractivity contribution is 5.85. The molecule has 2 N–H and O–H groups in total. The van der Waals surface area contributed by atoms with E-state index in [0.717, 1.165) is 31.9 Å². The highest BCUT2D eigenvalue weighted by Gasteiger charge is 2.25. The summed E-state index contributed by atoms with van der Waals surface area (Å²) >= 11 is 0. The molecule has 0 unspecified atom stereocenters. The van der Waals surface area contributed by atoms with Crippen molar-refractivity contribution in [1.29, 1.82) is 0 Å². The Bertz CT molecular complexity index is 389. The molecule has 1 fully saturated rings. The minimum Gasteiger partial charge on any atom is -0.326 e. The topological polar surface area (TPSA) is 63.2 Å². The molecule has 1 atom stereocenters. The fourth-order valence-electron chi connectivity index (χ4n) is 2.05. The third-order valence-corrected chi connectivity index (χ3v) is 2.90. The molecule has 2 aliphatic heterocycles. The van der Waals surface area contributed by atoms with Crippen molar-refractivity contribution in [1.82, 2.24) is 24.8 Å². The van der Waals surface area contributed by atoms with Crippen molar-refractivity contribution in [3.8, 4) is 0 Å². The first-order chi connectivity index (χ1) is 7.33. The maximum Gasteiger partial charge on any atom is 0.152 e. The molecule has 16 heavy (non-hydrogen) atoms. The molecular weight excluding hydrogens is 228 g/mol. The maximum atomic E-state index is 5.88. The van der Waals surface area contributed by atoms with Crippen LogP contribution in [0.25, 0.3) is 6.20 Å². The second-order valence-corrected chi connectivity index (χ2v) is 3.98. The largest absolute Gasteiger partial charge is 0.326 e. The monoisotopic (exact) mass is 242 g/mol. The van der Waals surface area contributed by atoms with E-state index in [2.05, 4.69) is 20.1 Å². The van der Waals surface area contributed by atoms with Crippen molar-refractivity contribution in [2.75, 3.05) is 13.1 Å². The van der Waals surface area contributed by atoms with Crippen molar-refractivity contribution in [3.05, 3.63) is 18.4 Å². The fourth-order valence-corrected chi connectivity index (χ4v) is 2.05. The summed E-state index contributed by atoms with van der Waals surface area (Å²) in [4.78, 5) is 4.20. The lowest BCUT2D eigenvalue weighted by Crippen LogP contribution is -2.40. The average Bonchev–Trinajstić information content (AvgIpc) is 2.84. The van der Waals surface area contributed by atoms with Crippen molar-refractivity contribution in [2.45, 2.75) is 19.0 Å². The van der Waals surface area contributed by atoms with Gasteiger partial charge in [-0.25, -0.2) is 14.7 Å². The Morgan fingerprint density at radius 3 is 3.00 bits per heavy atom. The molecule has 0 aromatic carbocycles. The third kappa shape index (κ3) is 1.91. The molecule has 2 aliphatic rings. The number of hydrogen-bond acceptors (Lipinski definition) is 5. The van der Waals surface area contributed by atoms with Gasteiger partial charge in [0.1, 0.15) is 6.33 Å². The van der Waals surface area contributed by atoms with E-state index in [0.29, 0.717) is 6.04 Å². The van der Waals surface area contributed by atoms with Gasteiger partial charge < -0.3 is 10.7 Å². The smallest absolute Gasteiger partial charge is 0.152 e. The molecule has 0 bridgehead atoms. The van der Waals surface area contributed by atoms with E-state index >= 15 is 0 Å². The van der Waals surface area contributed by atoms with Crippen LogP contribution in [0.5, 0.6) is 0 Å². The lowest BCUT2D eigenvalue weighted by molar-refractivity contribution is 0.0340. The summed E-state index contributed by atoms with van der Waals surface area (Å²) < 4.78 is 1.80. The number of hydrogen-bond donors (Lipinski definition) is 1. The number of aromatic nitrogens is 3. The summed E-state index contributed by atoms with van der Waals surface area (Å²) in [5.41, 5.74) is 5.88. The number of rotatable bonds is 1. The maximum absolute atomic E-state index is 5.88. The van der Waals surface area contributed by atoms with Gasteiger partial charge in [0.25, 0.3) is 0 Å². The molecule has 1 saturated heterocycles.